The van der Waals surface area contributed by atoms with Gasteiger partial charge in [-0.3, -0.25) is 14.4 Å². The van der Waals surface area contributed by atoms with Gasteiger partial charge in [-0.15, -0.1) is 11.8 Å². The third kappa shape index (κ3) is 5.51. The Morgan fingerprint density at radius 2 is 1.73 bits per heavy atom. The van der Waals surface area contributed by atoms with Crippen molar-refractivity contribution in [1.82, 2.24) is 15.5 Å². The van der Waals surface area contributed by atoms with E-state index in [1.165, 1.54) is 0 Å². The summed E-state index contributed by atoms with van der Waals surface area (Å²) in [7, 11) is 0. The van der Waals surface area contributed by atoms with Crippen molar-refractivity contribution in [2.45, 2.75) is 53.1 Å². The second-order valence-corrected chi connectivity index (χ2v) is 8.56. The first-order valence-electron chi connectivity index (χ1n) is 7.39. The van der Waals surface area contributed by atoms with Crippen LogP contribution in [0.3, 0.4) is 0 Å². The lowest BCUT2D eigenvalue weighted by molar-refractivity contribution is -0.144. The molecule has 0 aromatic rings. The Morgan fingerprint density at radius 3 is 2.23 bits per heavy atom. The lowest BCUT2D eigenvalue weighted by Gasteiger charge is -2.29. The number of rotatable bonds is 3. The van der Waals surface area contributed by atoms with Gasteiger partial charge in [-0.05, 0) is 20.8 Å². The van der Waals surface area contributed by atoms with Gasteiger partial charge in [0.05, 0.1) is 12.4 Å². The summed E-state index contributed by atoms with van der Waals surface area (Å²) in [6.45, 7) is 11.1. The molecule has 1 heterocycles. The number of carbonyl (C=O) groups is 3. The van der Waals surface area contributed by atoms with E-state index in [9.17, 15) is 14.4 Å². The fourth-order valence-corrected chi connectivity index (χ4v) is 3.19. The predicted molar refractivity (Wildman–Crippen MR) is 88.3 cm³/mol. The second-order valence-electron chi connectivity index (χ2n) is 7.56. The van der Waals surface area contributed by atoms with Gasteiger partial charge in [0.2, 0.25) is 17.7 Å². The Hall–Kier alpha value is -1.24. The summed E-state index contributed by atoms with van der Waals surface area (Å²) in [6, 6.07) is -0.501. The molecule has 0 spiro atoms. The molecule has 0 aliphatic carbocycles. The summed E-state index contributed by atoms with van der Waals surface area (Å²) in [6.07, 6.45) is 0. The van der Waals surface area contributed by atoms with Crippen LogP contribution < -0.4 is 10.6 Å². The minimum absolute atomic E-state index is 0.0446. The molecule has 126 valence electrons. The molecule has 0 unspecified atom stereocenters. The summed E-state index contributed by atoms with van der Waals surface area (Å²) in [4.78, 5) is 38.0. The minimum atomic E-state index is -0.521. The number of nitrogens with one attached hydrogen (secondary N) is 2. The van der Waals surface area contributed by atoms with Crippen LogP contribution in [0.4, 0.5) is 0 Å². The summed E-state index contributed by atoms with van der Waals surface area (Å²) in [5.74, 6) is 0.528. The molecule has 0 saturated carbocycles. The molecular formula is C15H27N3O3S. The number of thioether (sulfide) groups is 1. The van der Waals surface area contributed by atoms with Crippen molar-refractivity contribution in [1.29, 1.82) is 0 Å². The molecule has 0 aromatic heterocycles. The van der Waals surface area contributed by atoms with Crippen LogP contribution in [0, 0.1) is 5.41 Å². The first kappa shape index (κ1) is 18.8. The van der Waals surface area contributed by atoms with E-state index in [1.54, 1.807) is 16.7 Å². The van der Waals surface area contributed by atoms with Crippen molar-refractivity contribution >= 4 is 29.5 Å². The Bertz CT molecular complexity index is 452. The average Bonchev–Trinajstić information content (AvgIpc) is 2.80. The normalized spacial score (nSPS) is 19.0. The number of nitrogens with zero attached hydrogens (tertiary/aromatic N) is 1. The molecule has 0 aromatic carbocycles. The number of carbonyl (C=O) groups excluding carboxylic acids is 3. The highest BCUT2D eigenvalue weighted by molar-refractivity contribution is 7.99. The Balaban J connectivity index is 2.58. The number of amides is 3. The van der Waals surface area contributed by atoms with E-state index in [1.807, 2.05) is 41.5 Å². The summed E-state index contributed by atoms with van der Waals surface area (Å²) < 4.78 is 0. The van der Waals surface area contributed by atoms with Crippen LogP contribution >= 0.6 is 11.8 Å². The quantitative estimate of drug-likeness (QED) is 0.808. The topological polar surface area (TPSA) is 78.5 Å². The van der Waals surface area contributed by atoms with Crippen molar-refractivity contribution in [3.63, 3.8) is 0 Å². The molecular weight excluding hydrogens is 302 g/mol. The van der Waals surface area contributed by atoms with E-state index in [4.69, 9.17) is 0 Å². The Morgan fingerprint density at radius 1 is 1.14 bits per heavy atom. The van der Waals surface area contributed by atoms with E-state index >= 15 is 0 Å². The Labute approximate surface area is 136 Å². The standard InChI is InChI=1S/C15H27N3O3S/c1-14(2,3)13(21)18-9-22-8-10(18)12(20)16-7-11(19)17-15(4,5)6/h10H,7-9H2,1-6H3,(H,16,20)(H,17,19)/t10-/m0/s1. The highest BCUT2D eigenvalue weighted by Gasteiger charge is 2.39. The molecule has 1 atom stereocenters. The van der Waals surface area contributed by atoms with Crippen LogP contribution in [-0.4, -0.2) is 52.4 Å². The van der Waals surface area contributed by atoms with Gasteiger partial charge in [-0.1, -0.05) is 20.8 Å². The van der Waals surface area contributed by atoms with E-state index < -0.39 is 11.5 Å². The van der Waals surface area contributed by atoms with Crippen LogP contribution in [-0.2, 0) is 14.4 Å². The average molecular weight is 329 g/mol. The van der Waals surface area contributed by atoms with E-state index in [2.05, 4.69) is 10.6 Å². The monoisotopic (exact) mass is 329 g/mol. The van der Waals surface area contributed by atoms with Crippen molar-refractivity contribution in [2.24, 2.45) is 5.41 Å². The van der Waals surface area contributed by atoms with Crippen molar-refractivity contribution in [2.75, 3.05) is 18.2 Å². The van der Waals surface area contributed by atoms with Crippen molar-refractivity contribution < 1.29 is 14.4 Å². The fourth-order valence-electron chi connectivity index (χ4n) is 2.04. The van der Waals surface area contributed by atoms with Gasteiger partial charge in [0, 0.05) is 16.7 Å². The van der Waals surface area contributed by atoms with Gasteiger partial charge in [0.25, 0.3) is 0 Å². The van der Waals surface area contributed by atoms with Gasteiger partial charge >= 0.3 is 0 Å². The predicted octanol–water partition coefficient (Wildman–Crippen LogP) is 0.965. The number of hydrogen-bond acceptors (Lipinski definition) is 4. The maximum Gasteiger partial charge on any atom is 0.244 e. The van der Waals surface area contributed by atoms with Gasteiger partial charge in [0.15, 0.2) is 0 Å². The largest absolute Gasteiger partial charge is 0.350 e. The van der Waals surface area contributed by atoms with Crippen molar-refractivity contribution in [3.05, 3.63) is 0 Å². The van der Waals surface area contributed by atoms with Gasteiger partial charge < -0.3 is 15.5 Å². The van der Waals surface area contributed by atoms with Crippen LogP contribution in [0.25, 0.3) is 0 Å². The molecule has 3 amide bonds. The highest BCUT2D eigenvalue weighted by atomic mass is 32.2. The lowest BCUT2D eigenvalue weighted by atomic mass is 9.94. The summed E-state index contributed by atoms with van der Waals surface area (Å²) >= 11 is 1.55. The third-order valence-corrected chi connectivity index (χ3v) is 4.04. The minimum Gasteiger partial charge on any atom is -0.350 e. The highest BCUT2D eigenvalue weighted by Crippen LogP contribution is 2.27. The molecule has 1 aliphatic heterocycles. The molecule has 1 rings (SSSR count). The molecule has 22 heavy (non-hydrogen) atoms. The number of hydrogen-bond donors (Lipinski definition) is 2. The van der Waals surface area contributed by atoms with Gasteiger partial charge in [-0.25, -0.2) is 0 Å². The van der Waals surface area contributed by atoms with Crippen LogP contribution in [0.1, 0.15) is 41.5 Å². The zero-order chi connectivity index (χ0) is 17.1. The van der Waals surface area contributed by atoms with E-state index in [0.29, 0.717) is 11.6 Å². The maximum atomic E-state index is 12.4. The third-order valence-electron chi connectivity index (χ3n) is 3.03. The first-order valence-corrected chi connectivity index (χ1v) is 8.55. The smallest absolute Gasteiger partial charge is 0.244 e. The maximum absolute atomic E-state index is 12.4. The molecule has 7 heteroatoms. The van der Waals surface area contributed by atoms with Crippen LogP contribution in [0.15, 0.2) is 0 Å². The van der Waals surface area contributed by atoms with Gasteiger partial charge in [0.1, 0.15) is 6.04 Å². The second kappa shape index (κ2) is 6.89. The van der Waals surface area contributed by atoms with E-state index in [-0.39, 0.29) is 29.8 Å². The molecule has 2 N–H and O–H groups in total. The summed E-state index contributed by atoms with van der Waals surface area (Å²) in [5, 5.41) is 5.41. The Kier molecular flexibility index (Phi) is 5.89. The zero-order valence-corrected chi connectivity index (χ0v) is 15.1. The SMILES string of the molecule is CC(C)(C)NC(=O)CNC(=O)[C@@H]1CSCN1C(=O)C(C)(C)C. The first-order chi connectivity index (χ1) is 9.92. The van der Waals surface area contributed by atoms with Gasteiger partial charge in [-0.2, -0.15) is 0 Å². The van der Waals surface area contributed by atoms with E-state index in [0.717, 1.165) is 0 Å². The molecule has 6 nitrogen and oxygen atoms in total. The summed E-state index contributed by atoms with van der Waals surface area (Å²) in [5.41, 5.74) is -0.855. The molecule has 1 saturated heterocycles. The van der Waals surface area contributed by atoms with Crippen LogP contribution in [0.5, 0.6) is 0 Å². The molecule has 1 fully saturated rings. The van der Waals surface area contributed by atoms with Crippen molar-refractivity contribution in [3.8, 4) is 0 Å². The molecule has 0 radical (unpaired) electrons. The molecule has 0 bridgehead atoms. The lowest BCUT2D eigenvalue weighted by Crippen LogP contribution is -2.52. The van der Waals surface area contributed by atoms with Crippen LogP contribution in [0.2, 0.25) is 0 Å². The fraction of sp³-hybridized carbons (Fsp3) is 0.800. The zero-order valence-electron chi connectivity index (χ0n) is 14.3. The molecule has 1 aliphatic rings.